The number of carbonyl (C=O) groups is 1. The summed E-state index contributed by atoms with van der Waals surface area (Å²) in [6, 6.07) is 2.51. The Morgan fingerprint density at radius 1 is 1.53 bits per heavy atom. The fraction of sp³-hybridized carbons (Fsp3) is 0.400. The average molecular weight is 260 g/mol. The van der Waals surface area contributed by atoms with Crippen molar-refractivity contribution in [3.05, 3.63) is 23.5 Å². The average Bonchev–Trinajstić information content (AvgIpc) is 2.28. The van der Waals surface area contributed by atoms with Crippen LogP contribution in [0.4, 0.5) is 10.5 Å². The molecule has 2 amide bonds. The van der Waals surface area contributed by atoms with Gasteiger partial charge in [-0.05, 0) is 19.1 Å². The van der Waals surface area contributed by atoms with Crippen LogP contribution in [0.25, 0.3) is 0 Å². The largest absolute Gasteiger partial charge is 0.394 e. The molecule has 0 atom stereocenters. The number of amides is 2. The number of aliphatic hydroxyl groups excluding tert-OH is 2. The second-order valence-electron chi connectivity index (χ2n) is 3.82. The summed E-state index contributed by atoms with van der Waals surface area (Å²) in [6.07, 6.45) is 1.45. The van der Waals surface area contributed by atoms with Crippen LogP contribution in [-0.4, -0.2) is 40.0 Å². The van der Waals surface area contributed by atoms with Crippen LogP contribution in [-0.2, 0) is 0 Å². The molecule has 94 valence electrons. The number of aliphatic hydroxyl groups is 2. The van der Waals surface area contributed by atoms with Crippen molar-refractivity contribution in [2.75, 3.05) is 18.5 Å². The predicted octanol–water partition coefficient (Wildman–Crippen LogP) is 0.600. The molecule has 0 saturated carbocycles. The Morgan fingerprint density at radius 2 is 2.18 bits per heavy atom. The number of rotatable bonds is 4. The molecule has 1 heterocycles. The SMILES string of the molecule is CC(CO)(CO)NC(=O)Nc1ccnc(Cl)c1. The number of nitrogens with one attached hydrogen (secondary N) is 2. The number of carbonyl (C=O) groups excluding carboxylic acids is 1. The Kier molecular flexibility index (Phi) is 4.68. The summed E-state index contributed by atoms with van der Waals surface area (Å²) in [4.78, 5) is 15.3. The van der Waals surface area contributed by atoms with E-state index in [-0.39, 0.29) is 18.4 Å². The zero-order valence-electron chi connectivity index (χ0n) is 9.27. The zero-order chi connectivity index (χ0) is 12.9. The maximum Gasteiger partial charge on any atom is 0.319 e. The van der Waals surface area contributed by atoms with E-state index < -0.39 is 11.6 Å². The first-order valence-corrected chi connectivity index (χ1v) is 5.29. The minimum absolute atomic E-state index is 0.259. The van der Waals surface area contributed by atoms with Gasteiger partial charge in [0.25, 0.3) is 0 Å². The van der Waals surface area contributed by atoms with Crippen LogP contribution in [0.5, 0.6) is 0 Å². The molecule has 0 aliphatic rings. The van der Waals surface area contributed by atoms with E-state index in [4.69, 9.17) is 21.8 Å². The van der Waals surface area contributed by atoms with Crippen LogP contribution >= 0.6 is 11.6 Å². The van der Waals surface area contributed by atoms with Gasteiger partial charge < -0.3 is 20.8 Å². The molecule has 4 N–H and O–H groups in total. The molecular formula is C10H14ClN3O3. The standard InChI is InChI=1S/C10H14ClN3O3/c1-10(5-15,6-16)14-9(17)13-7-2-3-12-8(11)4-7/h2-4,15-16H,5-6H2,1H3,(H2,12,13,14,17). The zero-order valence-corrected chi connectivity index (χ0v) is 10.0. The van der Waals surface area contributed by atoms with E-state index in [9.17, 15) is 4.79 Å². The van der Waals surface area contributed by atoms with Gasteiger partial charge >= 0.3 is 6.03 Å². The lowest BCUT2D eigenvalue weighted by molar-refractivity contribution is 0.111. The molecule has 17 heavy (non-hydrogen) atoms. The van der Waals surface area contributed by atoms with Gasteiger partial charge in [-0.3, -0.25) is 0 Å². The Morgan fingerprint density at radius 3 is 2.71 bits per heavy atom. The number of pyridine rings is 1. The van der Waals surface area contributed by atoms with Gasteiger partial charge in [0.2, 0.25) is 0 Å². The normalized spacial score (nSPS) is 11.1. The predicted molar refractivity (Wildman–Crippen MR) is 64.0 cm³/mol. The minimum Gasteiger partial charge on any atom is -0.394 e. The Labute approximate surface area is 104 Å². The topological polar surface area (TPSA) is 94.5 Å². The molecule has 0 fully saturated rings. The van der Waals surface area contributed by atoms with Crippen molar-refractivity contribution >= 4 is 23.3 Å². The maximum atomic E-state index is 11.5. The lowest BCUT2D eigenvalue weighted by Crippen LogP contribution is -2.53. The number of halogens is 1. The van der Waals surface area contributed by atoms with Crippen LogP contribution in [0.2, 0.25) is 5.15 Å². The number of nitrogens with zero attached hydrogens (tertiary/aromatic N) is 1. The molecule has 0 aromatic carbocycles. The van der Waals surface area contributed by atoms with Crippen LogP contribution in [0.3, 0.4) is 0 Å². The second kappa shape index (κ2) is 5.81. The van der Waals surface area contributed by atoms with Gasteiger partial charge in [-0.15, -0.1) is 0 Å². The van der Waals surface area contributed by atoms with Gasteiger partial charge in [-0.25, -0.2) is 9.78 Å². The highest BCUT2D eigenvalue weighted by Crippen LogP contribution is 2.12. The highest BCUT2D eigenvalue weighted by atomic mass is 35.5. The fourth-order valence-electron chi connectivity index (χ4n) is 1.05. The summed E-state index contributed by atoms with van der Waals surface area (Å²) in [5.41, 5.74) is -0.596. The van der Waals surface area contributed by atoms with Crippen molar-refractivity contribution in [1.82, 2.24) is 10.3 Å². The highest BCUT2D eigenvalue weighted by molar-refractivity contribution is 6.29. The van der Waals surface area contributed by atoms with Gasteiger partial charge in [0, 0.05) is 11.9 Å². The third kappa shape index (κ3) is 4.18. The van der Waals surface area contributed by atoms with Crippen LogP contribution in [0.1, 0.15) is 6.92 Å². The van der Waals surface area contributed by atoms with Crippen molar-refractivity contribution in [3.8, 4) is 0 Å². The smallest absolute Gasteiger partial charge is 0.319 e. The highest BCUT2D eigenvalue weighted by Gasteiger charge is 2.24. The van der Waals surface area contributed by atoms with Gasteiger partial charge in [0.15, 0.2) is 0 Å². The summed E-state index contributed by atoms with van der Waals surface area (Å²) in [6.45, 7) is 0.786. The lowest BCUT2D eigenvalue weighted by atomic mass is 10.1. The third-order valence-corrected chi connectivity index (χ3v) is 2.30. The Bertz CT molecular complexity index is 396. The van der Waals surface area contributed by atoms with Crippen molar-refractivity contribution in [1.29, 1.82) is 0 Å². The van der Waals surface area contributed by atoms with E-state index in [0.717, 1.165) is 0 Å². The lowest BCUT2D eigenvalue weighted by Gasteiger charge is -2.26. The summed E-state index contributed by atoms with van der Waals surface area (Å²) in [5, 5.41) is 23.2. The summed E-state index contributed by atoms with van der Waals surface area (Å²) >= 11 is 5.65. The second-order valence-corrected chi connectivity index (χ2v) is 4.21. The first-order valence-electron chi connectivity index (χ1n) is 4.91. The van der Waals surface area contributed by atoms with Gasteiger partial charge in [-0.2, -0.15) is 0 Å². The Balaban J connectivity index is 2.61. The van der Waals surface area contributed by atoms with Crippen molar-refractivity contribution in [3.63, 3.8) is 0 Å². The van der Waals surface area contributed by atoms with E-state index >= 15 is 0 Å². The summed E-state index contributed by atoms with van der Waals surface area (Å²) in [5.74, 6) is 0. The fourth-order valence-corrected chi connectivity index (χ4v) is 1.22. The van der Waals surface area contributed by atoms with E-state index in [1.54, 1.807) is 6.07 Å². The number of aromatic nitrogens is 1. The molecule has 0 aliphatic carbocycles. The van der Waals surface area contributed by atoms with E-state index in [1.807, 2.05) is 0 Å². The molecule has 0 spiro atoms. The molecule has 0 aliphatic heterocycles. The van der Waals surface area contributed by atoms with Crippen molar-refractivity contribution in [2.45, 2.75) is 12.5 Å². The minimum atomic E-state index is -1.07. The monoisotopic (exact) mass is 259 g/mol. The Hall–Kier alpha value is -1.37. The number of anilines is 1. The molecule has 1 aromatic rings. The third-order valence-electron chi connectivity index (χ3n) is 2.10. The van der Waals surface area contributed by atoms with Crippen LogP contribution in [0, 0.1) is 0 Å². The molecule has 0 saturated heterocycles. The molecule has 0 radical (unpaired) electrons. The summed E-state index contributed by atoms with van der Waals surface area (Å²) < 4.78 is 0. The van der Waals surface area contributed by atoms with Crippen LogP contribution in [0.15, 0.2) is 18.3 Å². The molecule has 1 aromatic heterocycles. The van der Waals surface area contributed by atoms with E-state index in [2.05, 4.69) is 15.6 Å². The molecule has 0 unspecified atom stereocenters. The summed E-state index contributed by atoms with van der Waals surface area (Å²) in [7, 11) is 0. The first-order chi connectivity index (χ1) is 7.99. The van der Waals surface area contributed by atoms with Crippen molar-refractivity contribution < 1.29 is 15.0 Å². The number of hydrogen-bond donors (Lipinski definition) is 4. The molecular weight excluding hydrogens is 246 g/mol. The first kappa shape index (κ1) is 13.7. The molecule has 1 rings (SSSR count). The number of urea groups is 1. The number of hydrogen-bond acceptors (Lipinski definition) is 4. The van der Waals surface area contributed by atoms with Gasteiger partial charge in [0.1, 0.15) is 5.15 Å². The van der Waals surface area contributed by atoms with Gasteiger partial charge in [0.05, 0.1) is 18.8 Å². The molecule has 7 heteroatoms. The van der Waals surface area contributed by atoms with E-state index in [0.29, 0.717) is 5.69 Å². The van der Waals surface area contributed by atoms with E-state index in [1.165, 1.54) is 19.2 Å². The molecule has 6 nitrogen and oxygen atoms in total. The van der Waals surface area contributed by atoms with Gasteiger partial charge in [-0.1, -0.05) is 11.6 Å². The molecule has 0 bridgehead atoms. The van der Waals surface area contributed by atoms with Crippen LogP contribution < -0.4 is 10.6 Å². The van der Waals surface area contributed by atoms with Crippen molar-refractivity contribution in [2.24, 2.45) is 0 Å². The maximum absolute atomic E-state index is 11.5. The quantitative estimate of drug-likeness (QED) is 0.596.